The molecular formula is C33H35ClN4O5S. The van der Waals surface area contributed by atoms with E-state index in [0.29, 0.717) is 46.0 Å². The van der Waals surface area contributed by atoms with E-state index in [2.05, 4.69) is 5.32 Å². The van der Waals surface area contributed by atoms with E-state index in [1.165, 1.54) is 11.8 Å². The molecule has 44 heavy (non-hydrogen) atoms. The van der Waals surface area contributed by atoms with Gasteiger partial charge in [0, 0.05) is 22.7 Å². The third-order valence-corrected chi connectivity index (χ3v) is 8.75. The number of aromatic nitrogens is 2. The molecule has 0 radical (unpaired) electrons. The summed E-state index contributed by atoms with van der Waals surface area (Å²) in [4.78, 5) is 28.7. The first-order chi connectivity index (χ1) is 21.2. The van der Waals surface area contributed by atoms with Crippen LogP contribution < -0.4 is 24.4 Å². The Kier molecular flexibility index (Phi) is 9.71. The van der Waals surface area contributed by atoms with E-state index in [-0.39, 0.29) is 35.3 Å². The molecule has 1 atom stereocenters. The molecule has 2 heterocycles. The Bertz CT molecular complexity index is 1640. The predicted octanol–water partition coefficient (Wildman–Crippen LogP) is 6.16. The van der Waals surface area contributed by atoms with E-state index < -0.39 is 0 Å². The van der Waals surface area contributed by atoms with Crippen LogP contribution >= 0.6 is 23.4 Å². The monoisotopic (exact) mass is 634 g/mol. The number of nitrogens with zero attached hydrogens (tertiary/aromatic N) is 3. The molecule has 1 unspecified atom stereocenters. The van der Waals surface area contributed by atoms with Gasteiger partial charge in [0.1, 0.15) is 18.1 Å². The lowest BCUT2D eigenvalue weighted by Gasteiger charge is -2.23. The molecule has 3 aromatic carbocycles. The molecule has 4 aromatic rings. The summed E-state index contributed by atoms with van der Waals surface area (Å²) in [6, 6.07) is 20.6. The lowest BCUT2D eigenvalue weighted by molar-refractivity contribution is -0.123. The fourth-order valence-corrected chi connectivity index (χ4v) is 6.35. The highest BCUT2D eigenvalue weighted by molar-refractivity contribution is 8.00. The highest BCUT2D eigenvalue weighted by Crippen LogP contribution is 2.49. The molecule has 11 heteroatoms. The second-order valence-corrected chi connectivity index (χ2v) is 12.2. The van der Waals surface area contributed by atoms with Gasteiger partial charge in [-0.15, -0.1) is 11.8 Å². The largest absolute Gasteiger partial charge is 0.497 e. The first-order valence-electron chi connectivity index (χ1n) is 14.2. The van der Waals surface area contributed by atoms with E-state index in [1.54, 1.807) is 30.9 Å². The SMILES string of the molecule is COc1ccc(-n2nc(-c3ccc(Cl)cc3)c3c2N(CC(=O)NCC(C)C)C(=O)CSC3c2ccc(OC)c(OC)c2)cc1. The molecule has 230 valence electrons. The molecule has 1 N–H and O–H groups in total. The molecule has 0 bridgehead atoms. The van der Waals surface area contributed by atoms with Crippen molar-refractivity contribution in [3.63, 3.8) is 0 Å². The van der Waals surface area contributed by atoms with Crippen LogP contribution in [-0.2, 0) is 9.59 Å². The van der Waals surface area contributed by atoms with E-state index in [9.17, 15) is 9.59 Å². The minimum absolute atomic E-state index is 0.147. The van der Waals surface area contributed by atoms with Crippen LogP contribution in [0.2, 0.25) is 5.02 Å². The number of hydrogen-bond donors (Lipinski definition) is 1. The van der Waals surface area contributed by atoms with Crippen molar-refractivity contribution in [1.29, 1.82) is 0 Å². The number of carbonyl (C=O) groups is 2. The standard InChI is InChI=1S/C33H35ClN4O5S/c1-20(2)17-35-28(39)18-37-29(40)19-44-32(22-8-15-26(42-4)27(16-22)43-5)30-31(21-6-9-23(34)10-7-21)36-38(33(30)37)24-11-13-25(41-3)14-12-24/h6-16,20,32H,17-19H2,1-5H3,(H,35,39). The van der Waals surface area contributed by atoms with Crippen LogP contribution in [0.5, 0.6) is 17.2 Å². The van der Waals surface area contributed by atoms with Crippen molar-refractivity contribution in [2.45, 2.75) is 19.1 Å². The summed E-state index contributed by atoms with van der Waals surface area (Å²) in [5.74, 6) is 2.34. The van der Waals surface area contributed by atoms with Gasteiger partial charge in [0.05, 0.1) is 43.7 Å². The molecule has 1 aliphatic rings. The first kappa shape index (κ1) is 31.3. The van der Waals surface area contributed by atoms with Crippen LogP contribution in [-0.4, -0.2) is 61.8 Å². The van der Waals surface area contributed by atoms with Gasteiger partial charge in [-0.3, -0.25) is 14.5 Å². The summed E-state index contributed by atoms with van der Waals surface area (Å²) in [6.07, 6.45) is 0. The van der Waals surface area contributed by atoms with Gasteiger partial charge >= 0.3 is 0 Å². The fraction of sp³-hybridized carbons (Fsp3) is 0.303. The number of thioether (sulfide) groups is 1. The van der Waals surface area contributed by atoms with Gasteiger partial charge in [-0.25, -0.2) is 4.68 Å². The highest BCUT2D eigenvalue weighted by atomic mass is 35.5. The Labute approximate surface area is 266 Å². The number of rotatable bonds is 10. The number of nitrogens with one attached hydrogen (secondary N) is 1. The van der Waals surface area contributed by atoms with Gasteiger partial charge in [-0.05, 0) is 60.0 Å². The minimum atomic E-state index is -0.338. The summed E-state index contributed by atoms with van der Waals surface area (Å²) in [6.45, 7) is 4.40. The molecule has 0 fully saturated rings. The van der Waals surface area contributed by atoms with Crippen LogP contribution in [0.1, 0.15) is 30.2 Å². The highest BCUT2D eigenvalue weighted by Gasteiger charge is 2.38. The third-order valence-electron chi connectivity index (χ3n) is 7.24. The zero-order chi connectivity index (χ0) is 31.4. The molecule has 5 rings (SSSR count). The van der Waals surface area contributed by atoms with Crippen molar-refractivity contribution >= 4 is 41.0 Å². The average molecular weight is 635 g/mol. The number of methoxy groups -OCH3 is 3. The normalized spacial score (nSPS) is 14.7. The minimum Gasteiger partial charge on any atom is -0.497 e. The molecule has 9 nitrogen and oxygen atoms in total. The smallest absolute Gasteiger partial charge is 0.240 e. The first-order valence-corrected chi connectivity index (χ1v) is 15.6. The second-order valence-electron chi connectivity index (χ2n) is 10.7. The van der Waals surface area contributed by atoms with Crippen molar-refractivity contribution in [1.82, 2.24) is 15.1 Å². The number of hydrogen-bond acceptors (Lipinski definition) is 7. The second kappa shape index (κ2) is 13.7. The predicted molar refractivity (Wildman–Crippen MR) is 175 cm³/mol. The molecular weight excluding hydrogens is 600 g/mol. The van der Waals surface area contributed by atoms with Crippen LogP contribution in [0.15, 0.2) is 66.7 Å². The summed E-state index contributed by atoms with van der Waals surface area (Å²) in [7, 11) is 4.79. The summed E-state index contributed by atoms with van der Waals surface area (Å²) in [5.41, 5.74) is 3.89. The molecule has 1 aromatic heterocycles. The number of amides is 2. The Morgan fingerprint density at radius 3 is 2.34 bits per heavy atom. The Morgan fingerprint density at radius 1 is 1.00 bits per heavy atom. The van der Waals surface area contributed by atoms with Gasteiger partial charge in [0.25, 0.3) is 0 Å². The average Bonchev–Trinajstić information content (AvgIpc) is 3.36. The van der Waals surface area contributed by atoms with Crippen molar-refractivity contribution in [3.8, 4) is 34.2 Å². The van der Waals surface area contributed by atoms with Crippen molar-refractivity contribution < 1.29 is 23.8 Å². The number of ether oxygens (including phenoxy) is 3. The zero-order valence-corrected chi connectivity index (χ0v) is 26.9. The molecule has 0 saturated carbocycles. The fourth-order valence-electron chi connectivity index (χ4n) is 5.04. The zero-order valence-electron chi connectivity index (χ0n) is 25.3. The number of halogens is 1. The Balaban J connectivity index is 1.78. The molecule has 0 aliphatic carbocycles. The number of carbonyl (C=O) groups excluding carboxylic acids is 2. The lowest BCUT2D eigenvalue weighted by Crippen LogP contribution is -2.43. The van der Waals surface area contributed by atoms with E-state index in [4.69, 9.17) is 30.9 Å². The number of benzene rings is 3. The topological polar surface area (TPSA) is 94.9 Å². The number of anilines is 1. The van der Waals surface area contributed by atoms with E-state index in [0.717, 1.165) is 16.7 Å². The molecule has 0 spiro atoms. The van der Waals surface area contributed by atoms with Crippen LogP contribution in [0.4, 0.5) is 5.82 Å². The van der Waals surface area contributed by atoms with E-state index >= 15 is 0 Å². The molecule has 1 aliphatic heterocycles. The van der Waals surface area contributed by atoms with Gasteiger partial charge in [-0.2, -0.15) is 5.10 Å². The molecule has 0 saturated heterocycles. The Morgan fingerprint density at radius 2 is 1.70 bits per heavy atom. The van der Waals surface area contributed by atoms with Gasteiger partial charge < -0.3 is 19.5 Å². The van der Waals surface area contributed by atoms with Gasteiger partial charge in [0.15, 0.2) is 11.5 Å². The number of fused-ring (bicyclic) bond motifs is 1. The van der Waals surface area contributed by atoms with Crippen LogP contribution in [0.3, 0.4) is 0 Å². The summed E-state index contributed by atoms with van der Waals surface area (Å²) >= 11 is 7.75. The van der Waals surface area contributed by atoms with Gasteiger partial charge in [-0.1, -0.05) is 43.6 Å². The van der Waals surface area contributed by atoms with Crippen molar-refractivity contribution in [2.75, 3.05) is 45.1 Å². The van der Waals surface area contributed by atoms with Gasteiger partial charge in [0.2, 0.25) is 11.8 Å². The van der Waals surface area contributed by atoms with Crippen LogP contribution in [0, 0.1) is 5.92 Å². The summed E-state index contributed by atoms with van der Waals surface area (Å²) < 4.78 is 18.3. The quantitative estimate of drug-likeness (QED) is 0.223. The Hall–Kier alpha value is -4.15. The maximum Gasteiger partial charge on any atom is 0.240 e. The third kappa shape index (κ3) is 6.51. The van der Waals surface area contributed by atoms with Crippen LogP contribution in [0.25, 0.3) is 16.9 Å². The van der Waals surface area contributed by atoms with E-state index in [1.807, 2.05) is 80.6 Å². The van der Waals surface area contributed by atoms with Crippen molar-refractivity contribution in [2.24, 2.45) is 5.92 Å². The summed E-state index contributed by atoms with van der Waals surface area (Å²) in [5, 5.41) is 8.33. The maximum absolute atomic E-state index is 13.9. The molecule has 2 amide bonds. The maximum atomic E-state index is 13.9. The lowest BCUT2D eigenvalue weighted by atomic mass is 9.99. The van der Waals surface area contributed by atoms with Crippen molar-refractivity contribution in [3.05, 3.63) is 82.9 Å².